The summed E-state index contributed by atoms with van der Waals surface area (Å²) in [7, 11) is 1.86. The maximum atomic E-state index is 12.3. The predicted octanol–water partition coefficient (Wildman–Crippen LogP) is 1.50. The first kappa shape index (κ1) is 15.9. The molecule has 1 aliphatic heterocycles. The zero-order valence-electron chi connectivity index (χ0n) is 13.4. The summed E-state index contributed by atoms with van der Waals surface area (Å²) in [5.74, 6) is 1.17. The number of amides is 1. The minimum absolute atomic E-state index is 0.0820. The van der Waals surface area contributed by atoms with Gasteiger partial charge in [-0.3, -0.25) is 14.4 Å². The van der Waals surface area contributed by atoms with E-state index in [1.54, 1.807) is 4.68 Å². The Morgan fingerprint density at radius 3 is 2.48 bits per heavy atom. The smallest absolute Gasteiger partial charge is 0.234 e. The van der Waals surface area contributed by atoms with Gasteiger partial charge in [0.2, 0.25) is 5.91 Å². The van der Waals surface area contributed by atoms with E-state index < -0.39 is 0 Å². The van der Waals surface area contributed by atoms with Crippen molar-refractivity contribution in [1.82, 2.24) is 25.0 Å². The number of nitrogens with zero attached hydrogens (tertiary/aromatic N) is 4. The summed E-state index contributed by atoms with van der Waals surface area (Å²) in [5, 5.41) is 7.22. The van der Waals surface area contributed by atoms with Gasteiger partial charge >= 0.3 is 0 Å². The van der Waals surface area contributed by atoms with Gasteiger partial charge in [0.1, 0.15) is 12.2 Å². The van der Waals surface area contributed by atoms with Crippen LogP contribution in [-0.2, 0) is 11.8 Å². The molecule has 6 heteroatoms. The number of hydrogen-bond donors (Lipinski definition) is 1. The molecule has 2 heterocycles. The van der Waals surface area contributed by atoms with Gasteiger partial charge in [-0.1, -0.05) is 26.7 Å². The average Bonchev–Trinajstić information content (AvgIpc) is 2.69. The molecule has 0 aliphatic carbocycles. The normalized spacial score (nSPS) is 18.5. The van der Waals surface area contributed by atoms with Crippen LogP contribution in [0.1, 0.15) is 51.4 Å². The van der Waals surface area contributed by atoms with Crippen LogP contribution in [0.4, 0.5) is 0 Å². The van der Waals surface area contributed by atoms with Gasteiger partial charge in [0.15, 0.2) is 0 Å². The lowest BCUT2D eigenvalue weighted by molar-refractivity contribution is -0.123. The highest BCUT2D eigenvalue weighted by molar-refractivity contribution is 5.78. The molecule has 1 N–H and O–H groups in total. The Kier molecular flexibility index (Phi) is 5.73. The molecule has 0 spiro atoms. The number of aryl methyl sites for hydroxylation is 1. The monoisotopic (exact) mass is 293 g/mol. The molecule has 21 heavy (non-hydrogen) atoms. The molecule has 1 saturated heterocycles. The Bertz CT molecular complexity index is 449. The fraction of sp³-hybridized carbons (Fsp3) is 0.800. The molecule has 0 saturated carbocycles. The highest BCUT2D eigenvalue weighted by atomic mass is 16.2. The second-order valence-corrected chi connectivity index (χ2v) is 6.22. The Balaban J connectivity index is 1.94. The van der Waals surface area contributed by atoms with Crippen molar-refractivity contribution in [3.05, 3.63) is 12.2 Å². The number of likely N-dealkylation sites (tertiary alicyclic amines) is 1. The molecule has 1 aromatic heterocycles. The van der Waals surface area contributed by atoms with Gasteiger partial charge in [-0.2, -0.15) is 5.10 Å². The molecule has 0 bridgehead atoms. The molecule has 6 nitrogen and oxygen atoms in total. The van der Waals surface area contributed by atoms with E-state index in [1.807, 2.05) is 7.05 Å². The number of nitrogens with one attached hydrogen (secondary N) is 1. The number of carbonyl (C=O) groups excluding carboxylic acids is 1. The zero-order chi connectivity index (χ0) is 15.2. The minimum Gasteiger partial charge on any atom is -0.345 e. The lowest BCUT2D eigenvalue weighted by atomic mass is 10.0. The summed E-state index contributed by atoms with van der Waals surface area (Å²) in [6.45, 7) is 6.73. The van der Waals surface area contributed by atoms with Crippen molar-refractivity contribution in [3.63, 3.8) is 0 Å². The van der Waals surface area contributed by atoms with E-state index in [4.69, 9.17) is 0 Å². The molecular weight excluding hydrogens is 266 g/mol. The lowest BCUT2D eigenvalue weighted by Crippen LogP contribution is -2.41. The predicted molar refractivity (Wildman–Crippen MR) is 81.6 cm³/mol. The van der Waals surface area contributed by atoms with Gasteiger partial charge in [0.25, 0.3) is 0 Å². The van der Waals surface area contributed by atoms with E-state index in [0.717, 1.165) is 18.9 Å². The Morgan fingerprint density at radius 2 is 1.95 bits per heavy atom. The minimum atomic E-state index is -0.0861. The average molecular weight is 293 g/mol. The molecule has 1 amide bonds. The van der Waals surface area contributed by atoms with Crippen molar-refractivity contribution >= 4 is 5.91 Å². The molecular formula is C15H27N5O. The van der Waals surface area contributed by atoms with Crippen LogP contribution < -0.4 is 5.32 Å². The van der Waals surface area contributed by atoms with E-state index >= 15 is 0 Å². The number of rotatable bonds is 5. The summed E-state index contributed by atoms with van der Waals surface area (Å²) in [6.07, 6.45) is 6.50. The van der Waals surface area contributed by atoms with E-state index in [0.29, 0.717) is 6.54 Å². The summed E-state index contributed by atoms with van der Waals surface area (Å²) < 4.78 is 1.73. The quantitative estimate of drug-likeness (QED) is 0.894. The maximum absolute atomic E-state index is 12.3. The first-order chi connectivity index (χ1) is 10.1. The zero-order valence-corrected chi connectivity index (χ0v) is 13.4. The Morgan fingerprint density at radius 1 is 1.29 bits per heavy atom. The number of carbonyl (C=O) groups is 1. The second kappa shape index (κ2) is 7.54. The van der Waals surface area contributed by atoms with Gasteiger partial charge in [0, 0.05) is 7.05 Å². The van der Waals surface area contributed by atoms with Gasteiger partial charge in [-0.15, -0.1) is 0 Å². The van der Waals surface area contributed by atoms with E-state index in [-0.39, 0.29) is 17.9 Å². The standard InChI is InChI=1S/C15H27N5O/c1-12(2)14(15-16-11-17-19(15)3)18-13(21)10-20-8-6-4-5-7-9-20/h11-12,14H,4-10H2,1-3H3,(H,18,21)/t14-/m0/s1. The number of aromatic nitrogens is 3. The van der Waals surface area contributed by atoms with Gasteiger partial charge in [0.05, 0.1) is 12.6 Å². The molecule has 118 valence electrons. The van der Waals surface area contributed by atoms with Gasteiger partial charge < -0.3 is 5.32 Å². The van der Waals surface area contributed by atoms with Crippen LogP contribution >= 0.6 is 0 Å². The molecule has 0 radical (unpaired) electrons. The van der Waals surface area contributed by atoms with Crippen LogP contribution in [0, 0.1) is 5.92 Å². The molecule has 1 aromatic rings. The first-order valence-electron chi connectivity index (χ1n) is 7.93. The lowest BCUT2D eigenvalue weighted by Gasteiger charge is -2.24. The summed E-state index contributed by atoms with van der Waals surface area (Å²) in [6, 6.07) is -0.0861. The fourth-order valence-corrected chi connectivity index (χ4v) is 2.83. The molecule has 2 rings (SSSR count). The fourth-order valence-electron chi connectivity index (χ4n) is 2.83. The number of hydrogen-bond acceptors (Lipinski definition) is 4. The highest BCUT2D eigenvalue weighted by Gasteiger charge is 2.23. The largest absolute Gasteiger partial charge is 0.345 e. The third-order valence-electron chi connectivity index (χ3n) is 4.07. The third-order valence-corrected chi connectivity index (χ3v) is 4.07. The van der Waals surface area contributed by atoms with Crippen molar-refractivity contribution < 1.29 is 4.79 Å². The van der Waals surface area contributed by atoms with Crippen molar-refractivity contribution in [2.45, 2.75) is 45.6 Å². The van der Waals surface area contributed by atoms with E-state index in [2.05, 4.69) is 34.1 Å². The summed E-state index contributed by atoms with van der Waals surface area (Å²) >= 11 is 0. The second-order valence-electron chi connectivity index (χ2n) is 6.22. The van der Waals surface area contributed by atoms with Crippen LogP contribution in [0.3, 0.4) is 0 Å². The maximum Gasteiger partial charge on any atom is 0.234 e. The highest BCUT2D eigenvalue weighted by Crippen LogP contribution is 2.19. The van der Waals surface area contributed by atoms with Crippen LogP contribution in [0.5, 0.6) is 0 Å². The van der Waals surface area contributed by atoms with Gasteiger partial charge in [-0.25, -0.2) is 4.98 Å². The van der Waals surface area contributed by atoms with Crippen LogP contribution in [0.2, 0.25) is 0 Å². The Labute approximate surface area is 126 Å². The van der Waals surface area contributed by atoms with Crippen molar-refractivity contribution in [2.24, 2.45) is 13.0 Å². The molecule has 0 aromatic carbocycles. The third kappa shape index (κ3) is 4.52. The van der Waals surface area contributed by atoms with Crippen molar-refractivity contribution in [3.8, 4) is 0 Å². The van der Waals surface area contributed by atoms with Crippen LogP contribution in [0.25, 0.3) is 0 Å². The summed E-state index contributed by atoms with van der Waals surface area (Å²) in [4.78, 5) is 18.9. The van der Waals surface area contributed by atoms with Crippen molar-refractivity contribution in [1.29, 1.82) is 0 Å². The topological polar surface area (TPSA) is 63.1 Å². The van der Waals surface area contributed by atoms with Gasteiger partial charge in [-0.05, 0) is 31.8 Å². The van der Waals surface area contributed by atoms with Crippen LogP contribution in [-0.4, -0.2) is 45.2 Å². The summed E-state index contributed by atoms with van der Waals surface area (Å²) in [5.41, 5.74) is 0. The van der Waals surface area contributed by atoms with E-state index in [9.17, 15) is 4.79 Å². The SMILES string of the molecule is CC(C)[C@H](NC(=O)CN1CCCCCC1)c1ncnn1C. The Hall–Kier alpha value is -1.43. The molecule has 1 atom stereocenters. The molecule has 1 aliphatic rings. The molecule has 1 fully saturated rings. The van der Waals surface area contributed by atoms with Crippen LogP contribution in [0.15, 0.2) is 6.33 Å². The van der Waals surface area contributed by atoms with E-state index in [1.165, 1.54) is 32.0 Å². The first-order valence-corrected chi connectivity index (χ1v) is 7.93. The molecule has 0 unspecified atom stereocenters. The van der Waals surface area contributed by atoms with Crippen molar-refractivity contribution in [2.75, 3.05) is 19.6 Å².